The van der Waals surface area contributed by atoms with Crippen LogP contribution in [-0.4, -0.2) is 18.2 Å². The minimum atomic E-state index is -0.612. The monoisotopic (exact) mass is 218 g/mol. The lowest BCUT2D eigenvalue weighted by molar-refractivity contribution is 0.0992. The standard InChI is InChI=1S/C11H10N2O3/c1-15-8-4-2-7(3-5-8)9-6-16-13-10(9)11(12)14/h2-6H,1H3,(H2,12,14). The Hall–Kier alpha value is -2.30. The van der Waals surface area contributed by atoms with E-state index in [1.54, 1.807) is 31.4 Å². The third-order valence-electron chi connectivity index (χ3n) is 2.20. The van der Waals surface area contributed by atoms with Crippen LogP contribution >= 0.6 is 0 Å². The number of rotatable bonds is 3. The molecule has 0 aliphatic carbocycles. The topological polar surface area (TPSA) is 78.3 Å². The second-order valence-corrected chi connectivity index (χ2v) is 3.17. The third kappa shape index (κ3) is 1.75. The summed E-state index contributed by atoms with van der Waals surface area (Å²) in [7, 11) is 1.59. The van der Waals surface area contributed by atoms with Crippen LogP contribution in [0.15, 0.2) is 35.1 Å². The summed E-state index contributed by atoms with van der Waals surface area (Å²) in [5.41, 5.74) is 6.68. The summed E-state index contributed by atoms with van der Waals surface area (Å²) in [4.78, 5) is 11.1. The maximum Gasteiger partial charge on any atom is 0.271 e. The van der Waals surface area contributed by atoms with Gasteiger partial charge in [0.05, 0.1) is 12.7 Å². The van der Waals surface area contributed by atoms with E-state index in [0.29, 0.717) is 5.56 Å². The van der Waals surface area contributed by atoms with Gasteiger partial charge in [0.1, 0.15) is 12.0 Å². The van der Waals surface area contributed by atoms with Crippen molar-refractivity contribution in [3.63, 3.8) is 0 Å². The average Bonchev–Trinajstić information content (AvgIpc) is 2.78. The van der Waals surface area contributed by atoms with E-state index in [0.717, 1.165) is 11.3 Å². The molecule has 0 aliphatic heterocycles. The number of aromatic nitrogens is 1. The first kappa shape index (κ1) is 10.2. The minimum Gasteiger partial charge on any atom is -0.497 e. The van der Waals surface area contributed by atoms with E-state index < -0.39 is 5.91 Å². The predicted octanol–water partition coefficient (Wildman–Crippen LogP) is 1.45. The quantitative estimate of drug-likeness (QED) is 0.845. The Labute approximate surface area is 91.8 Å². The molecule has 0 saturated carbocycles. The highest BCUT2D eigenvalue weighted by molar-refractivity contribution is 5.97. The van der Waals surface area contributed by atoms with Crippen molar-refractivity contribution in [2.24, 2.45) is 5.73 Å². The molecule has 2 N–H and O–H groups in total. The summed E-state index contributed by atoms with van der Waals surface area (Å²) >= 11 is 0. The summed E-state index contributed by atoms with van der Waals surface area (Å²) < 4.78 is 9.77. The van der Waals surface area contributed by atoms with Crippen molar-refractivity contribution in [2.75, 3.05) is 7.11 Å². The van der Waals surface area contributed by atoms with Crippen LogP contribution in [0.4, 0.5) is 0 Å². The molecule has 1 amide bonds. The Morgan fingerprint density at radius 3 is 2.62 bits per heavy atom. The summed E-state index contributed by atoms with van der Waals surface area (Å²) in [6.45, 7) is 0. The van der Waals surface area contributed by atoms with Gasteiger partial charge in [-0.05, 0) is 17.7 Å². The first-order valence-corrected chi connectivity index (χ1v) is 4.61. The first-order valence-electron chi connectivity index (χ1n) is 4.61. The van der Waals surface area contributed by atoms with Gasteiger partial charge < -0.3 is 15.0 Å². The van der Waals surface area contributed by atoms with Gasteiger partial charge in [0.15, 0.2) is 5.69 Å². The fourth-order valence-electron chi connectivity index (χ4n) is 1.39. The maximum atomic E-state index is 11.1. The van der Waals surface area contributed by atoms with E-state index in [4.69, 9.17) is 15.0 Å². The van der Waals surface area contributed by atoms with Gasteiger partial charge in [0.25, 0.3) is 5.91 Å². The molecule has 16 heavy (non-hydrogen) atoms. The largest absolute Gasteiger partial charge is 0.497 e. The number of carbonyl (C=O) groups is 1. The normalized spacial score (nSPS) is 10.1. The lowest BCUT2D eigenvalue weighted by Gasteiger charge is -2.01. The molecule has 2 aromatic rings. The lowest BCUT2D eigenvalue weighted by atomic mass is 10.1. The number of hydrogen-bond donors (Lipinski definition) is 1. The van der Waals surface area contributed by atoms with Gasteiger partial charge in [-0.1, -0.05) is 17.3 Å². The predicted molar refractivity (Wildman–Crippen MR) is 57.0 cm³/mol. The molecule has 82 valence electrons. The molecule has 0 unspecified atom stereocenters. The van der Waals surface area contributed by atoms with Crippen LogP contribution in [0.3, 0.4) is 0 Å². The van der Waals surface area contributed by atoms with E-state index in [1.165, 1.54) is 6.26 Å². The van der Waals surface area contributed by atoms with E-state index in [-0.39, 0.29) is 5.69 Å². The maximum absolute atomic E-state index is 11.1. The molecule has 2 rings (SSSR count). The Kier molecular flexibility index (Phi) is 2.59. The zero-order chi connectivity index (χ0) is 11.5. The van der Waals surface area contributed by atoms with Gasteiger partial charge in [-0.3, -0.25) is 4.79 Å². The smallest absolute Gasteiger partial charge is 0.271 e. The number of nitrogens with zero attached hydrogens (tertiary/aromatic N) is 1. The molecule has 1 aromatic carbocycles. The second kappa shape index (κ2) is 4.06. The SMILES string of the molecule is COc1ccc(-c2conc2C(N)=O)cc1. The molecule has 1 aromatic heterocycles. The highest BCUT2D eigenvalue weighted by Crippen LogP contribution is 2.24. The summed E-state index contributed by atoms with van der Waals surface area (Å²) in [5.74, 6) is 0.125. The summed E-state index contributed by atoms with van der Waals surface area (Å²) in [5, 5.41) is 3.55. The number of amides is 1. The van der Waals surface area contributed by atoms with Crippen molar-refractivity contribution in [3.05, 3.63) is 36.2 Å². The molecular weight excluding hydrogens is 208 g/mol. The van der Waals surface area contributed by atoms with Gasteiger partial charge in [0, 0.05) is 0 Å². The Morgan fingerprint density at radius 1 is 1.38 bits per heavy atom. The highest BCUT2D eigenvalue weighted by atomic mass is 16.5. The summed E-state index contributed by atoms with van der Waals surface area (Å²) in [6, 6.07) is 7.18. The van der Waals surface area contributed by atoms with Crippen molar-refractivity contribution in [3.8, 4) is 16.9 Å². The Morgan fingerprint density at radius 2 is 2.06 bits per heavy atom. The molecule has 0 saturated heterocycles. The first-order chi connectivity index (χ1) is 7.72. The van der Waals surface area contributed by atoms with E-state index >= 15 is 0 Å². The van der Waals surface area contributed by atoms with Crippen LogP contribution in [0.25, 0.3) is 11.1 Å². The van der Waals surface area contributed by atoms with Crippen molar-refractivity contribution in [2.45, 2.75) is 0 Å². The van der Waals surface area contributed by atoms with Gasteiger partial charge in [-0.15, -0.1) is 0 Å². The summed E-state index contributed by atoms with van der Waals surface area (Å²) in [6.07, 6.45) is 1.39. The molecule has 0 atom stereocenters. The van der Waals surface area contributed by atoms with Crippen LogP contribution < -0.4 is 10.5 Å². The van der Waals surface area contributed by atoms with Crippen LogP contribution in [-0.2, 0) is 0 Å². The molecule has 0 bridgehead atoms. The fourth-order valence-corrected chi connectivity index (χ4v) is 1.39. The number of carbonyl (C=O) groups excluding carboxylic acids is 1. The van der Waals surface area contributed by atoms with Crippen LogP contribution in [0, 0.1) is 0 Å². The number of hydrogen-bond acceptors (Lipinski definition) is 4. The average molecular weight is 218 g/mol. The lowest BCUT2D eigenvalue weighted by Crippen LogP contribution is -2.12. The van der Waals surface area contributed by atoms with E-state index in [2.05, 4.69) is 5.16 Å². The number of nitrogens with two attached hydrogens (primary N) is 1. The van der Waals surface area contributed by atoms with Gasteiger partial charge in [-0.25, -0.2) is 0 Å². The molecule has 0 radical (unpaired) electrons. The van der Waals surface area contributed by atoms with Crippen molar-refractivity contribution in [1.29, 1.82) is 0 Å². The third-order valence-corrected chi connectivity index (χ3v) is 2.20. The number of methoxy groups -OCH3 is 1. The Bertz CT molecular complexity index is 502. The van der Waals surface area contributed by atoms with E-state index in [9.17, 15) is 4.79 Å². The number of primary amides is 1. The molecule has 5 nitrogen and oxygen atoms in total. The minimum absolute atomic E-state index is 0.130. The van der Waals surface area contributed by atoms with Crippen LogP contribution in [0.1, 0.15) is 10.5 Å². The molecule has 0 fully saturated rings. The Balaban J connectivity index is 2.42. The van der Waals surface area contributed by atoms with Crippen LogP contribution in [0.2, 0.25) is 0 Å². The number of ether oxygens (including phenoxy) is 1. The fraction of sp³-hybridized carbons (Fsp3) is 0.0909. The highest BCUT2D eigenvalue weighted by Gasteiger charge is 2.14. The van der Waals surface area contributed by atoms with Gasteiger partial charge >= 0.3 is 0 Å². The van der Waals surface area contributed by atoms with Gasteiger partial charge in [-0.2, -0.15) is 0 Å². The second-order valence-electron chi connectivity index (χ2n) is 3.17. The van der Waals surface area contributed by atoms with Crippen molar-refractivity contribution < 1.29 is 14.1 Å². The van der Waals surface area contributed by atoms with E-state index in [1.807, 2.05) is 0 Å². The zero-order valence-electron chi connectivity index (χ0n) is 8.64. The van der Waals surface area contributed by atoms with Gasteiger partial charge in [0.2, 0.25) is 0 Å². The van der Waals surface area contributed by atoms with Crippen molar-refractivity contribution >= 4 is 5.91 Å². The zero-order valence-corrected chi connectivity index (χ0v) is 8.64. The van der Waals surface area contributed by atoms with Crippen LogP contribution in [0.5, 0.6) is 5.75 Å². The number of benzene rings is 1. The van der Waals surface area contributed by atoms with Crippen molar-refractivity contribution in [1.82, 2.24) is 5.16 Å². The molecule has 5 heteroatoms. The molecular formula is C11H10N2O3. The molecule has 0 spiro atoms. The molecule has 1 heterocycles. The molecule has 0 aliphatic rings.